The van der Waals surface area contributed by atoms with E-state index >= 15 is 0 Å². The van der Waals surface area contributed by atoms with Crippen molar-refractivity contribution < 1.29 is 9.53 Å². The van der Waals surface area contributed by atoms with E-state index < -0.39 is 5.97 Å². The zero-order chi connectivity index (χ0) is 15.6. The van der Waals surface area contributed by atoms with Crippen LogP contribution in [0.25, 0.3) is 10.2 Å². The highest BCUT2D eigenvalue weighted by atomic mass is 35.5. The highest BCUT2D eigenvalue weighted by Gasteiger charge is 2.21. The Labute approximate surface area is 131 Å². The maximum Gasteiger partial charge on any atom is 0.348 e. The summed E-state index contributed by atoms with van der Waals surface area (Å²) in [6.45, 7) is 5.32. The molecule has 0 fully saturated rings. The first-order valence-electron chi connectivity index (χ1n) is 6.73. The summed E-state index contributed by atoms with van der Waals surface area (Å²) in [7, 11) is 0. The number of ether oxygens (including phenoxy) is 1. The van der Waals surface area contributed by atoms with Crippen molar-refractivity contribution in [2.24, 2.45) is 0 Å². The molecular formula is C14H17ClN2O3S. The molecule has 7 heteroatoms. The molecule has 2 rings (SSSR count). The number of carbonyl (C=O) groups is 1. The summed E-state index contributed by atoms with van der Waals surface area (Å²) in [6.07, 6.45) is 1.15. The first-order valence-corrected chi connectivity index (χ1v) is 8.08. The third-order valence-electron chi connectivity index (χ3n) is 2.92. The van der Waals surface area contributed by atoms with E-state index in [4.69, 9.17) is 16.3 Å². The predicted octanol–water partition coefficient (Wildman–Crippen LogP) is 3.03. The van der Waals surface area contributed by atoms with E-state index in [1.807, 2.05) is 0 Å². The summed E-state index contributed by atoms with van der Waals surface area (Å²) in [5.41, 5.74) is 0.403. The van der Waals surface area contributed by atoms with Crippen LogP contribution in [0.4, 0.5) is 0 Å². The lowest BCUT2D eigenvalue weighted by atomic mass is 10.2. The number of nitrogens with zero attached hydrogens (tertiary/aromatic N) is 1. The van der Waals surface area contributed by atoms with Crippen molar-refractivity contribution in [2.45, 2.75) is 39.7 Å². The van der Waals surface area contributed by atoms with Crippen molar-refractivity contribution in [1.82, 2.24) is 9.97 Å². The Morgan fingerprint density at radius 2 is 2.19 bits per heavy atom. The van der Waals surface area contributed by atoms with Gasteiger partial charge in [0.25, 0.3) is 5.56 Å². The number of thiophene rings is 1. The molecule has 2 aromatic rings. The van der Waals surface area contributed by atoms with Crippen molar-refractivity contribution in [3.05, 3.63) is 26.6 Å². The number of rotatable bonds is 5. The zero-order valence-corrected chi connectivity index (χ0v) is 13.7. The summed E-state index contributed by atoms with van der Waals surface area (Å²) >= 11 is 6.85. The molecule has 0 atom stereocenters. The van der Waals surface area contributed by atoms with Gasteiger partial charge >= 0.3 is 5.97 Å². The van der Waals surface area contributed by atoms with E-state index in [1.54, 1.807) is 20.8 Å². The van der Waals surface area contributed by atoms with Crippen LogP contribution in [-0.4, -0.2) is 27.9 Å². The normalized spacial score (nSPS) is 11.3. The fourth-order valence-electron chi connectivity index (χ4n) is 2.00. The van der Waals surface area contributed by atoms with Gasteiger partial charge < -0.3 is 9.72 Å². The van der Waals surface area contributed by atoms with Gasteiger partial charge in [-0.1, -0.05) is 0 Å². The van der Waals surface area contributed by atoms with Gasteiger partial charge in [-0.25, -0.2) is 9.78 Å². The summed E-state index contributed by atoms with van der Waals surface area (Å²) in [4.78, 5) is 32.4. The average molecular weight is 329 g/mol. The lowest BCUT2D eigenvalue weighted by molar-refractivity contribution is 0.0383. The van der Waals surface area contributed by atoms with Gasteiger partial charge in [-0.3, -0.25) is 4.79 Å². The Morgan fingerprint density at radius 3 is 2.81 bits per heavy atom. The van der Waals surface area contributed by atoms with E-state index in [0.29, 0.717) is 38.8 Å². The monoisotopic (exact) mass is 328 g/mol. The third kappa shape index (κ3) is 3.44. The number of hydrogen-bond donors (Lipinski definition) is 1. The van der Waals surface area contributed by atoms with E-state index in [9.17, 15) is 9.59 Å². The van der Waals surface area contributed by atoms with Crippen molar-refractivity contribution in [1.29, 1.82) is 0 Å². The number of hydrogen-bond acceptors (Lipinski definition) is 5. The Bertz CT molecular complexity index is 721. The van der Waals surface area contributed by atoms with E-state index in [2.05, 4.69) is 9.97 Å². The molecule has 2 aromatic heterocycles. The van der Waals surface area contributed by atoms with Crippen molar-refractivity contribution in [2.75, 3.05) is 5.88 Å². The number of halogens is 1. The smallest absolute Gasteiger partial charge is 0.348 e. The topological polar surface area (TPSA) is 72.0 Å². The van der Waals surface area contributed by atoms with Crippen LogP contribution in [-0.2, 0) is 11.2 Å². The SMILES string of the molecule is Cc1c(C(=O)OC(C)C)sc2nc(CCCCl)[nH]c(=O)c12. The molecule has 0 saturated heterocycles. The zero-order valence-electron chi connectivity index (χ0n) is 12.2. The molecule has 2 heterocycles. The van der Waals surface area contributed by atoms with Crippen LogP contribution < -0.4 is 5.56 Å². The largest absolute Gasteiger partial charge is 0.459 e. The van der Waals surface area contributed by atoms with Gasteiger partial charge in [0.1, 0.15) is 15.5 Å². The van der Waals surface area contributed by atoms with Gasteiger partial charge in [0.05, 0.1) is 11.5 Å². The minimum Gasteiger partial charge on any atom is -0.459 e. The van der Waals surface area contributed by atoms with Crippen LogP contribution in [0.3, 0.4) is 0 Å². The number of fused-ring (bicyclic) bond motifs is 1. The number of H-pyrrole nitrogens is 1. The molecule has 0 radical (unpaired) electrons. The van der Waals surface area contributed by atoms with Crippen LogP contribution in [0.15, 0.2) is 4.79 Å². The van der Waals surface area contributed by atoms with Crippen LogP contribution in [0, 0.1) is 6.92 Å². The summed E-state index contributed by atoms with van der Waals surface area (Å²) < 4.78 is 5.20. The fourth-order valence-corrected chi connectivity index (χ4v) is 3.22. The minimum atomic E-state index is -0.410. The quantitative estimate of drug-likeness (QED) is 0.676. The molecule has 0 spiro atoms. The van der Waals surface area contributed by atoms with E-state index in [-0.39, 0.29) is 11.7 Å². The Balaban J connectivity index is 2.47. The molecule has 0 saturated carbocycles. The van der Waals surface area contributed by atoms with Gasteiger partial charge in [0.15, 0.2) is 0 Å². The molecule has 0 bridgehead atoms. The van der Waals surface area contributed by atoms with Crippen LogP contribution in [0.2, 0.25) is 0 Å². The Kier molecular flexibility index (Phi) is 5.00. The molecule has 0 aromatic carbocycles. The molecular weight excluding hydrogens is 312 g/mol. The summed E-state index contributed by atoms with van der Waals surface area (Å²) in [5, 5.41) is 0.463. The van der Waals surface area contributed by atoms with Crippen LogP contribution in [0.1, 0.15) is 41.3 Å². The number of nitrogens with one attached hydrogen (secondary N) is 1. The van der Waals surface area contributed by atoms with Gasteiger partial charge in [0, 0.05) is 12.3 Å². The molecule has 0 amide bonds. The number of carbonyl (C=O) groups excluding carboxylic acids is 1. The predicted molar refractivity (Wildman–Crippen MR) is 84.6 cm³/mol. The molecule has 5 nitrogen and oxygen atoms in total. The number of esters is 1. The third-order valence-corrected chi connectivity index (χ3v) is 4.36. The highest BCUT2D eigenvalue weighted by molar-refractivity contribution is 7.20. The second-order valence-corrected chi connectivity index (χ2v) is 6.37. The Hall–Kier alpha value is -1.40. The number of aromatic amines is 1. The van der Waals surface area contributed by atoms with E-state index in [0.717, 1.165) is 6.42 Å². The molecule has 114 valence electrons. The number of alkyl halides is 1. The van der Waals surface area contributed by atoms with Crippen molar-refractivity contribution in [3.63, 3.8) is 0 Å². The van der Waals surface area contributed by atoms with Gasteiger partial charge in [-0.15, -0.1) is 22.9 Å². The van der Waals surface area contributed by atoms with Crippen LogP contribution in [0.5, 0.6) is 0 Å². The highest BCUT2D eigenvalue weighted by Crippen LogP contribution is 2.28. The maximum atomic E-state index is 12.2. The molecule has 0 unspecified atom stereocenters. The standard InChI is InChI=1S/C14H17ClN2O3S/c1-7(2)20-14(19)11-8(3)10-12(18)16-9(5-4-6-15)17-13(10)21-11/h7H,4-6H2,1-3H3,(H,16,17,18). The molecule has 21 heavy (non-hydrogen) atoms. The first kappa shape index (κ1) is 16.0. The van der Waals surface area contributed by atoms with Gasteiger partial charge in [-0.2, -0.15) is 0 Å². The minimum absolute atomic E-state index is 0.201. The van der Waals surface area contributed by atoms with Gasteiger partial charge in [0.2, 0.25) is 0 Å². The van der Waals surface area contributed by atoms with Crippen LogP contribution >= 0.6 is 22.9 Å². The fraction of sp³-hybridized carbons (Fsp3) is 0.500. The van der Waals surface area contributed by atoms with Gasteiger partial charge in [-0.05, 0) is 32.8 Å². The first-order chi connectivity index (χ1) is 9.93. The second kappa shape index (κ2) is 6.58. The lowest BCUT2D eigenvalue weighted by Gasteiger charge is -2.06. The van der Waals surface area contributed by atoms with Crippen molar-refractivity contribution >= 4 is 39.1 Å². The second-order valence-electron chi connectivity index (χ2n) is 5.00. The molecule has 0 aliphatic rings. The summed E-state index contributed by atoms with van der Waals surface area (Å²) in [5.74, 6) is 0.697. The lowest BCUT2D eigenvalue weighted by Crippen LogP contribution is -2.13. The van der Waals surface area contributed by atoms with Crippen molar-refractivity contribution in [3.8, 4) is 0 Å². The number of aryl methyl sites for hydroxylation is 2. The maximum absolute atomic E-state index is 12.2. The molecule has 0 aliphatic heterocycles. The van der Waals surface area contributed by atoms with E-state index in [1.165, 1.54) is 11.3 Å². The Morgan fingerprint density at radius 1 is 1.48 bits per heavy atom. The molecule has 1 N–H and O–H groups in total. The average Bonchev–Trinajstić information content (AvgIpc) is 2.73. The molecule has 0 aliphatic carbocycles. The number of aromatic nitrogens is 2. The summed E-state index contributed by atoms with van der Waals surface area (Å²) in [6, 6.07) is 0.